The van der Waals surface area contributed by atoms with E-state index in [0.29, 0.717) is 11.1 Å². The summed E-state index contributed by atoms with van der Waals surface area (Å²) in [6.45, 7) is 2.41. The number of oxazole rings is 1. The molecule has 39 heavy (non-hydrogen) atoms. The van der Waals surface area contributed by atoms with Gasteiger partial charge in [-0.05, 0) is 49.7 Å². The lowest BCUT2D eigenvalue weighted by atomic mass is 9.90. The minimum absolute atomic E-state index is 0.0751. The fourth-order valence-electron chi connectivity index (χ4n) is 4.40. The number of rotatable bonds is 6. The molecule has 2 amide bonds. The molecule has 0 aliphatic carbocycles. The number of carbonyl (C=O) groups excluding carboxylic acids is 3. The average molecular weight is 538 g/mol. The van der Waals surface area contributed by atoms with Gasteiger partial charge in [-0.2, -0.15) is 18.4 Å². The SMILES string of the molecule is COC(=O)c1coc(CN2C(=O)N(c3cccc(C(F)(F)F)c3)C(C)=C(C(C)=O)[C@H]2c2ccc(C#N)cc2)n1. The topological polar surface area (TPSA) is 117 Å². The molecule has 0 saturated carbocycles. The molecule has 3 aromatic rings. The lowest BCUT2D eigenvalue weighted by Crippen LogP contribution is -2.50. The molecule has 1 atom stereocenters. The van der Waals surface area contributed by atoms with Gasteiger partial charge < -0.3 is 14.1 Å². The summed E-state index contributed by atoms with van der Waals surface area (Å²) in [7, 11) is 1.16. The summed E-state index contributed by atoms with van der Waals surface area (Å²) in [5, 5.41) is 9.19. The number of aromatic nitrogens is 1. The number of methoxy groups -OCH3 is 1. The van der Waals surface area contributed by atoms with Crippen molar-refractivity contribution in [3.63, 3.8) is 0 Å². The van der Waals surface area contributed by atoms with Gasteiger partial charge in [-0.15, -0.1) is 0 Å². The Morgan fingerprint density at radius 3 is 2.46 bits per heavy atom. The van der Waals surface area contributed by atoms with Crippen molar-refractivity contribution in [2.75, 3.05) is 12.0 Å². The van der Waals surface area contributed by atoms with E-state index in [2.05, 4.69) is 9.72 Å². The zero-order valence-electron chi connectivity index (χ0n) is 20.9. The number of nitrogens with zero attached hydrogens (tertiary/aromatic N) is 4. The van der Waals surface area contributed by atoms with Gasteiger partial charge in [-0.1, -0.05) is 18.2 Å². The van der Waals surface area contributed by atoms with E-state index in [1.165, 1.54) is 43.0 Å². The van der Waals surface area contributed by atoms with Crippen molar-refractivity contribution < 1.29 is 36.7 Å². The summed E-state index contributed by atoms with van der Waals surface area (Å²) in [4.78, 5) is 45.1. The Balaban J connectivity index is 1.90. The molecule has 0 unspecified atom stereocenters. The van der Waals surface area contributed by atoms with Crippen molar-refractivity contribution in [2.24, 2.45) is 0 Å². The van der Waals surface area contributed by atoms with Crippen LogP contribution in [-0.4, -0.2) is 34.8 Å². The number of alkyl halides is 3. The number of nitriles is 1. The van der Waals surface area contributed by atoms with E-state index in [1.54, 1.807) is 12.1 Å². The highest BCUT2D eigenvalue weighted by Gasteiger charge is 2.42. The fourth-order valence-corrected chi connectivity index (χ4v) is 4.40. The van der Waals surface area contributed by atoms with E-state index >= 15 is 0 Å². The van der Waals surface area contributed by atoms with Gasteiger partial charge in [0.05, 0.1) is 42.6 Å². The van der Waals surface area contributed by atoms with Crippen molar-refractivity contribution >= 4 is 23.5 Å². The smallest absolute Gasteiger partial charge is 0.416 e. The first kappa shape index (κ1) is 27.1. The van der Waals surface area contributed by atoms with Gasteiger partial charge in [0.1, 0.15) is 6.26 Å². The van der Waals surface area contributed by atoms with Crippen molar-refractivity contribution in [1.82, 2.24) is 9.88 Å². The normalized spacial score (nSPS) is 15.8. The maximum absolute atomic E-state index is 14.0. The minimum Gasteiger partial charge on any atom is -0.464 e. The molecular weight excluding hydrogens is 517 g/mol. The molecule has 0 saturated heterocycles. The Morgan fingerprint density at radius 2 is 1.87 bits per heavy atom. The molecule has 1 aliphatic rings. The second-order valence-corrected chi connectivity index (χ2v) is 8.60. The van der Waals surface area contributed by atoms with Crippen LogP contribution in [0.3, 0.4) is 0 Å². The van der Waals surface area contributed by atoms with Gasteiger partial charge in [-0.3, -0.25) is 9.69 Å². The summed E-state index contributed by atoms with van der Waals surface area (Å²) in [5.74, 6) is -1.28. The van der Waals surface area contributed by atoms with Gasteiger partial charge >= 0.3 is 18.2 Å². The lowest BCUT2D eigenvalue weighted by molar-refractivity contribution is -0.137. The molecule has 0 radical (unpaired) electrons. The van der Waals surface area contributed by atoms with Gasteiger partial charge in [0.15, 0.2) is 11.5 Å². The van der Waals surface area contributed by atoms with Crippen LogP contribution in [-0.2, 0) is 22.3 Å². The van der Waals surface area contributed by atoms with E-state index in [1.807, 2.05) is 6.07 Å². The van der Waals surface area contributed by atoms with Crippen LogP contribution in [0.1, 0.15) is 53.0 Å². The Morgan fingerprint density at radius 1 is 1.18 bits per heavy atom. The van der Waals surface area contributed by atoms with Gasteiger partial charge in [-0.25, -0.2) is 14.6 Å². The molecule has 0 spiro atoms. The van der Waals surface area contributed by atoms with Crippen LogP contribution in [0.25, 0.3) is 0 Å². The number of Topliss-reactive ketones (excluding diaryl/α,β-unsaturated/α-hetero) is 1. The van der Waals surface area contributed by atoms with E-state index in [-0.39, 0.29) is 35.1 Å². The Kier molecular flexibility index (Phi) is 7.27. The maximum atomic E-state index is 14.0. The first-order valence-corrected chi connectivity index (χ1v) is 11.5. The van der Waals surface area contributed by atoms with E-state index in [4.69, 9.17) is 4.42 Å². The third-order valence-corrected chi connectivity index (χ3v) is 6.17. The number of anilines is 1. The number of amides is 2. The van der Waals surface area contributed by atoms with Crippen molar-refractivity contribution in [2.45, 2.75) is 32.6 Å². The molecule has 12 heteroatoms. The van der Waals surface area contributed by atoms with Crippen molar-refractivity contribution in [1.29, 1.82) is 5.26 Å². The number of allylic oxidation sites excluding steroid dienone is 1. The highest BCUT2D eigenvalue weighted by atomic mass is 19.4. The predicted molar refractivity (Wildman–Crippen MR) is 130 cm³/mol. The number of hydrogen-bond acceptors (Lipinski definition) is 7. The van der Waals surface area contributed by atoms with Gasteiger partial charge in [0.25, 0.3) is 0 Å². The molecule has 2 heterocycles. The molecule has 0 fully saturated rings. The van der Waals surface area contributed by atoms with Crippen LogP contribution in [0.15, 0.2) is 70.5 Å². The van der Waals surface area contributed by atoms with Crippen molar-refractivity contribution in [3.8, 4) is 6.07 Å². The molecule has 1 aromatic heterocycles. The lowest BCUT2D eigenvalue weighted by Gasteiger charge is -2.42. The zero-order valence-corrected chi connectivity index (χ0v) is 20.9. The number of benzene rings is 2. The largest absolute Gasteiger partial charge is 0.464 e. The maximum Gasteiger partial charge on any atom is 0.416 e. The predicted octanol–water partition coefficient (Wildman–Crippen LogP) is 5.40. The summed E-state index contributed by atoms with van der Waals surface area (Å²) >= 11 is 0. The quantitative estimate of drug-likeness (QED) is 0.386. The van der Waals surface area contributed by atoms with E-state index in [0.717, 1.165) is 30.4 Å². The summed E-state index contributed by atoms with van der Waals surface area (Å²) < 4.78 is 50.4. The number of esters is 1. The first-order chi connectivity index (χ1) is 18.5. The second-order valence-electron chi connectivity index (χ2n) is 8.60. The summed E-state index contributed by atoms with van der Waals surface area (Å²) in [6.07, 6.45) is -3.62. The number of urea groups is 1. The number of hydrogen-bond donors (Lipinski definition) is 0. The molecule has 9 nitrogen and oxygen atoms in total. The summed E-state index contributed by atoms with van der Waals surface area (Å²) in [5.41, 5.74) is -0.135. The zero-order chi connectivity index (χ0) is 28.5. The van der Waals surface area contributed by atoms with Crippen LogP contribution in [0, 0.1) is 11.3 Å². The fraction of sp³-hybridized carbons (Fsp3) is 0.222. The molecule has 2 aromatic carbocycles. The molecule has 0 N–H and O–H groups in total. The third kappa shape index (κ3) is 5.24. The minimum atomic E-state index is -4.66. The van der Waals surface area contributed by atoms with Crippen molar-refractivity contribution in [3.05, 3.63) is 94.3 Å². The highest BCUT2D eigenvalue weighted by Crippen LogP contribution is 2.41. The molecule has 1 aliphatic heterocycles. The first-order valence-electron chi connectivity index (χ1n) is 11.5. The van der Waals surface area contributed by atoms with E-state index < -0.39 is 35.6 Å². The number of ketones is 1. The van der Waals surface area contributed by atoms with Crippen LogP contribution < -0.4 is 4.90 Å². The third-order valence-electron chi connectivity index (χ3n) is 6.17. The van der Waals surface area contributed by atoms with Gasteiger partial charge in [0.2, 0.25) is 5.89 Å². The molecule has 4 rings (SSSR count). The van der Waals surface area contributed by atoms with Crippen LogP contribution in [0.5, 0.6) is 0 Å². The molecule has 0 bridgehead atoms. The van der Waals surface area contributed by atoms with Crippen LogP contribution >= 0.6 is 0 Å². The average Bonchev–Trinajstić information content (AvgIpc) is 3.38. The standard InChI is InChI=1S/C27H21F3N4O5/c1-15-23(16(2)35)24(18-9-7-17(12-31)8-10-18)33(13-22-32-21(14-39-22)25(36)38-3)26(37)34(15)20-6-4-5-19(11-20)27(28,29)30/h4-11,14,24H,13H2,1-3H3/t24-/m1/s1. The Hall–Kier alpha value is -4.92. The highest BCUT2D eigenvalue weighted by molar-refractivity contribution is 6.04. The molecular formula is C27H21F3N4O5. The van der Waals surface area contributed by atoms with E-state index in [9.17, 15) is 32.8 Å². The Bertz CT molecular complexity index is 1520. The van der Waals surface area contributed by atoms with Gasteiger partial charge in [0, 0.05) is 11.3 Å². The van der Waals surface area contributed by atoms with Crippen LogP contribution in [0.2, 0.25) is 0 Å². The second kappa shape index (κ2) is 10.4. The number of halogens is 3. The number of carbonyl (C=O) groups is 3. The monoisotopic (exact) mass is 538 g/mol. The Labute approximate surface area is 220 Å². The molecule has 200 valence electrons. The summed E-state index contributed by atoms with van der Waals surface area (Å²) in [6, 6.07) is 10.6. The van der Waals surface area contributed by atoms with Crippen LogP contribution in [0.4, 0.5) is 23.7 Å². The number of ether oxygens (including phenoxy) is 1.